The number of nitrogens with one attached hydrogen (secondary N) is 1. The number of hydrogen-bond donors (Lipinski definition) is 2. The van der Waals surface area contributed by atoms with Gasteiger partial charge < -0.3 is 15.2 Å². The first kappa shape index (κ1) is 16.2. The van der Waals surface area contributed by atoms with Crippen molar-refractivity contribution in [3.05, 3.63) is 23.8 Å². The Morgan fingerprint density at radius 1 is 1.40 bits per heavy atom. The number of carbonyl (C=O) groups is 1. The molecule has 0 aliphatic carbocycles. The van der Waals surface area contributed by atoms with Crippen molar-refractivity contribution < 1.29 is 23.0 Å². The molecule has 112 valence electrons. The van der Waals surface area contributed by atoms with Gasteiger partial charge in [0, 0.05) is 6.54 Å². The van der Waals surface area contributed by atoms with Gasteiger partial charge in [0.1, 0.15) is 0 Å². The second-order valence-electron chi connectivity index (χ2n) is 4.71. The molecule has 0 fully saturated rings. The smallest absolute Gasteiger partial charge is 0.387 e. The fourth-order valence-corrected chi connectivity index (χ4v) is 1.43. The number of rotatable bonds is 7. The quantitative estimate of drug-likeness (QED) is 0.800. The standard InChI is InChI=1S/C13H18F2N2O3/c1-13(2,11(16)18)17-7-8-4-5-9(19-3)10(6-8)20-12(14)15/h4-6,12,17H,7H2,1-3H3,(H2,16,18). The van der Waals surface area contributed by atoms with E-state index in [4.69, 9.17) is 10.5 Å². The predicted octanol–water partition coefficient (Wildman–Crippen LogP) is 1.65. The average Bonchev–Trinajstić information content (AvgIpc) is 2.36. The van der Waals surface area contributed by atoms with Crippen LogP contribution in [0.2, 0.25) is 0 Å². The molecule has 0 aromatic heterocycles. The highest BCUT2D eigenvalue weighted by Crippen LogP contribution is 2.29. The van der Waals surface area contributed by atoms with Gasteiger partial charge >= 0.3 is 6.61 Å². The molecule has 1 aromatic rings. The number of nitrogens with two attached hydrogens (primary N) is 1. The van der Waals surface area contributed by atoms with Crippen LogP contribution in [0.1, 0.15) is 19.4 Å². The molecular formula is C13H18F2N2O3. The van der Waals surface area contributed by atoms with Gasteiger partial charge in [-0.3, -0.25) is 10.1 Å². The Kier molecular flexibility index (Phi) is 5.26. The highest BCUT2D eigenvalue weighted by molar-refractivity contribution is 5.83. The largest absolute Gasteiger partial charge is 0.493 e. The van der Waals surface area contributed by atoms with Gasteiger partial charge in [0.25, 0.3) is 0 Å². The number of primary amides is 1. The number of carbonyl (C=O) groups excluding carboxylic acids is 1. The minimum atomic E-state index is -2.94. The van der Waals surface area contributed by atoms with Crippen molar-refractivity contribution in [2.24, 2.45) is 5.73 Å². The summed E-state index contributed by atoms with van der Waals surface area (Å²) in [5, 5.41) is 2.93. The highest BCUT2D eigenvalue weighted by atomic mass is 19.3. The van der Waals surface area contributed by atoms with Crippen LogP contribution >= 0.6 is 0 Å². The van der Waals surface area contributed by atoms with E-state index >= 15 is 0 Å². The van der Waals surface area contributed by atoms with E-state index in [1.54, 1.807) is 19.9 Å². The zero-order valence-electron chi connectivity index (χ0n) is 11.6. The van der Waals surface area contributed by atoms with E-state index in [-0.39, 0.29) is 18.0 Å². The van der Waals surface area contributed by atoms with Gasteiger partial charge in [0.15, 0.2) is 11.5 Å². The monoisotopic (exact) mass is 288 g/mol. The first-order valence-corrected chi connectivity index (χ1v) is 5.93. The van der Waals surface area contributed by atoms with Crippen molar-refractivity contribution >= 4 is 5.91 Å². The second-order valence-corrected chi connectivity index (χ2v) is 4.71. The molecule has 0 radical (unpaired) electrons. The lowest BCUT2D eigenvalue weighted by molar-refractivity contribution is -0.123. The minimum absolute atomic E-state index is 0.0568. The Hall–Kier alpha value is -1.89. The van der Waals surface area contributed by atoms with E-state index in [1.165, 1.54) is 19.2 Å². The lowest BCUT2D eigenvalue weighted by Gasteiger charge is -2.22. The molecule has 1 aromatic carbocycles. The summed E-state index contributed by atoms with van der Waals surface area (Å²) in [6.07, 6.45) is 0. The normalized spacial score (nSPS) is 11.5. The van der Waals surface area contributed by atoms with E-state index in [9.17, 15) is 13.6 Å². The third-order valence-electron chi connectivity index (χ3n) is 2.79. The lowest BCUT2D eigenvalue weighted by atomic mass is 10.0. The number of methoxy groups -OCH3 is 1. The lowest BCUT2D eigenvalue weighted by Crippen LogP contribution is -2.50. The maximum absolute atomic E-state index is 12.3. The number of halogens is 2. The topological polar surface area (TPSA) is 73.6 Å². The first-order valence-electron chi connectivity index (χ1n) is 5.93. The summed E-state index contributed by atoms with van der Waals surface area (Å²) < 4.78 is 33.9. The van der Waals surface area contributed by atoms with Crippen molar-refractivity contribution in [2.75, 3.05) is 7.11 Å². The van der Waals surface area contributed by atoms with E-state index in [0.717, 1.165) is 0 Å². The van der Waals surface area contributed by atoms with E-state index in [0.29, 0.717) is 5.56 Å². The summed E-state index contributed by atoms with van der Waals surface area (Å²) in [5.74, 6) is -0.350. The third kappa shape index (κ3) is 4.34. The Bertz CT molecular complexity index is 479. The molecule has 0 aliphatic heterocycles. The Balaban J connectivity index is 2.84. The molecule has 0 heterocycles. The molecule has 0 spiro atoms. The molecule has 0 atom stereocenters. The molecule has 1 rings (SSSR count). The van der Waals surface area contributed by atoms with Gasteiger partial charge in [-0.1, -0.05) is 6.07 Å². The van der Waals surface area contributed by atoms with Crippen molar-refractivity contribution in [1.82, 2.24) is 5.32 Å². The summed E-state index contributed by atoms with van der Waals surface area (Å²) in [6, 6.07) is 4.63. The van der Waals surface area contributed by atoms with Gasteiger partial charge in [0.05, 0.1) is 12.6 Å². The maximum Gasteiger partial charge on any atom is 0.387 e. The summed E-state index contributed by atoms with van der Waals surface area (Å²) in [6.45, 7) is 0.610. The van der Waals surface area contributed by atoms with E-state index in [1.807, 2.05) is 0 Å². The summed E-state index contributed by atoms with van der Waals surface area (Å²) >= 11 is 0. The number of alkyl halides is 2. The molecule has 0 aliphatic rings. The van der Waals surface area contributed by atoms with Gasteiger partial charge in [-0.2, -0.15) is 8.78 Å². The van der Waals surface area contributed by atoms with Crippen LogP contribution in [0.5, 0.6) is 11.5 Å². The molecular weight excluding hydrogens is 270 g/mol. The Morgan fingerprint density at radius 3 is 2.55 bits per heavy atom. The van der Waals surface area contributed by atoms with Crippen LogP contribution < -0.4 is 20.5 Å². The van der Waals surface area contributed by atoms with Crippen LogP contribution in [0.4, 0.5) is 8.78 Å². The van der Waals surface area contributed by atoms with Gasteiger partial charge in [-0.05, 0) is 31.5 Å². The summed E-state index contributed by atoms with van der Waals surface area (Å²) in [4.78, 5) is 11.2. The van der Waals surface area contributed by atoms with Crippen LogP contribution in [0.3, 0.4) is 0 Å². The Morgan fingerprint density at radius 2 is 2.05 bits per heavy atom. The number of hydrogen-bond acceptors (Lipinski definition) is 4. The van der Waals surface area contributed by atoms with Crippen LogP contribution in [-0.4, -0.2) is 25.2 Å². The van der Waals surface area contributed by atoms with Gasteiger partial charge in [0.2, 0.25) is 5.91 Å². The van der Waals surface area contributed by atoms with Crippen LogP contribution in [0.25, 0.3) is 0 Å². The van der Waals surface area contributed by atoms with Crippen molar-refractivity contribution in [3.63, 3.8) is 0 Å². The zero-order valence-corrected chi connectivity index (χ0v) is 11.6. The number of ether oxygens (including phenoxy) is 2. The Labute approximate surface area is 116 Å². The molecule has 3 N–H and O–H groups in total. The first-order chi connectivity index (χ1) is 9.26. The van der Waals surface area contributed by atoms with Crippen LogP contribution in [-0.2, 0) is 11.3 Å². The second kappa shape index (κ2) is 6.51. The third-order valence-corrected chi connectivity index (χ3v) is 2.79. The number of benzene rings is 1. The van der Waals surface area contributed by atoms with E-state index < -0.39 is 18.1 Å². The number of amides is 1. The average molecular weight is 288 g/mol. The maximum atomic E-state index is 12.3. The van der Waals surface area contributed by atoms with Crippen molar-refractivity contribution in [1.29, 1.82) is 0 Å². The molecule has 20 heavy (non-hydrogen) atoms. The highest BCUT2D eigenvalue weighted by Gasteiger charge is 2.23. The predicted molar refractivity (Wildman–Crippen MR) is 69.7 cm³/mol. The molecule has 5 nitrogen and oxygen atoms in total. The summed E-state index contributed by atoms with van der Waals surface area (Å²) in [5.41, 5.74) is 4.99. The van der Waals surface area contributed by atoms with Gasteiger partial charge in [-0.25, -0.2) is 0 Å². The molecule has 7 heteroatoms. The fraction of sp³-hybridized carbons (Fsp3) is 0.462. The fourth-order valence-electron chi connectivity index (χ4n) is 1.43. The van der Waals surface area contributed by atoms with Crippen LogP contribution in [0, 0.1) is 0 Å². The SMILES string of the molecule is COc1ccc(CNC(C)(C)C(N)=O)cc1OC(F)F. The molecule has 1 amide bonds. The summed E-state index contributed by atoms with van der Waals surface area (Å²) in [7, 11) is 1.36. The molecule has 0 saturated carbocycles. The molecule has 0 unspecified atom stereocenters. The van der Waals surface area contributed by atoms with Crippen molar-refractivity contribution in [3.8, 4) is 11.5 Å². The van der Waals surface area contributed by atoms with E-state index in [2.05, 4.69) is 10.1 Å². The van der Waals surface area contributed by atoms with Crippen molar-refractivity contribution in [2.45, 2.75) is 32.5 Å². The molecule has 0 saturated heterocycles. The molecule has 0 bridgehead atoms. The zero-order chi connectivity index (χ0) is 15.3. The van der Waals surface area contributed by atoms with Gasteiger partial charge in [-0.15, -0.1) is 0 Å². The van der Waals surface area contributed by atoms with Crippen LogP contribution in [0.15, 0.2) is 18.2 Å². The minimum Gasteiger partial charge on any atom is -0.493 e.